The molecule has 1 aromatic carbocycles. The molecule has 0 fully saturated rings. The van der Waals surface area contributed by atoms with Crippen LogP contribution in [0.1, 0.15) is 26.0 Å². The summed E-state index contributed by atoms with van der Waals surface area (Å²) in [5.41, 5.74) is 7.88. The number of hydrazone groups is 1. The summed E-state index contributed by atoms with van der Waals surface area (Å²) in [6.45, 7) is 4.12. The van der Waals surface area contributed by atoms with E-state index in [0.717, 1.165) is 23.1 Å². The van der Waals surface area contributed by atoms with Crippen molar-refractivity contribution >= 4 is 35.4 Å². The molecular formula is C17H24Cl2N4O2. The normalized spacial score (nSPS) is 11.7. The van der Waals surface area contributed by atoms with Gasteiger partial charge in [-0.2, -0.15) is 5.10 Å². The lowest BCUT2D eigenvalue weighted by molar-refractivity contribution is -0.406. The van der Waals surface area contributed by atoms with Gasteiger partial charge in [-0.15, -0.1) is 12.4 Å². The molecule has 0 unspecified atom stereocenters. The monoisotopic (exact) mass is 386 g/mol. The maximum Gasteiger partial charge on any atom is 0.298 e. The van der Waals surface area contributed by atoms with Gasteiger partial charge in [0.25, 0.3) is 5.91 Å². The Balaban J connectivity index is 0.00000288. The molecule has 0 radical (unpaired) electrons. The highest BCUT2D eigenvalue weighted by molar-refractivity contribution is 5.87. The second-order valence-corrected chi connectivity index (χ2v) is 5.86. The van der Waals surface area contributed by atoms with Crippen molar-refractivity contribution in [1.29, 1.82) is 0 Å². The number of amides is 1. The van der Waals surface area contributed by atoms with E-state index in [4.69, 9.17) is 4.74 Å². The fourth-order valence-electron chi connectivity index (χ4n) is 2.25. The van der Waals surface area contributed by atoms with Crippen LogP contribution in [0.15, 0.2) is 35.4 Å². The highest BCUT2D eigenvalue weighted by atomic mass is 35.5. The van der Waals surface area contributed by atoms with Crippen molar-refractivity contribution < 1.29 is 27.7 Å². The molecule has 6 nitrogen and oxygen atoms in total. The number of benzene rings is 1. The zero-order valence-corrected chi connectivity index (χ0v) is 16.1. The first-order valence-corrected chi connectivity index (χ1v) is 7.60. The minimum atomic E-state index is -0.302. The third kappa shape index (κ3) is 6.86. The third-order valence-electron chi connectivity index (χ3n) is 3.42. The van der Waals surface area contributed by atoms with Crippen LogP contribution in [0.4, 0.5) is 0 Å². The molecule has 1 amide bonds. The van der Waals surface area contributed by atoms with Gasteiger partial charge < -0.3 is 22.9 Å². The van der Waals surface area contributed by atoms with Gasteiger partial charge >= 0.3 is 0 Å². The molecule has 1 heterocycles. The summed E-state index contributed by atoms with van der Waals surface area (Å²) in [5.74, 6) is 1.03. The first-order valence-electron chi connectivity index (χ1n) is 7.60. The number of fused-ring (bicyclic) bond motifs is 1. The summed E-state index contributed by atoms with van der Waals surface area (Å²) >= 11 is 0. The summed E-state index contributed by atoms with van der Waals surface area (Å²) in [6, 6.07) is 9.15. The smallest absolute Gasteiger partial charge is 0.298 e. The molecule has 1 atom stereocenters. The van der Waals surface area contributed by atoms with Gasteiger partial charge in [0.05, 0.1) is 24.5 Å². The number of nitrogens with one attached hydrogen (secondary N) is 1. The van der Waals surface area contributed by atoms with Crippen molar-refractivity contribution in [3.63, 3.8) is 0 Å². The Morgan fingerprint density at radius 1 is 1.36 bits per heavy atom. The van der Waals surface area contributed by atoms with E-state index in [2.05, 4.69) is 35.1 Å². The molecule has 0 saturated carbocycles. The number of carbonyl (C=O) groups excluding carboxylic acids is 1. The van der Waals surface area contributed by atoms with Crippen molar-refractivity contribution in [2.45, 2.75) is 26.3 Å². The van der Waals surface area contributed by atoms with Gasteiger partial charge in [0.15, 0.2) is 6.04 Å². The van der Waals surface area contributed by atoms with Crippen LogP contribution in [0.2, 0.25) is 0 Å². The van der Waals surface area contributed by atoms with Crippen LogP contribution in [-0.4, -0.2) is 30.3 Å². The lowest BCUT2D eigenvalue weighted by Gasteiger charge is -2.08. The minimum Gasteiger partial charge on any atom is -1.00 e. The van der Waals surface area contributed by atoms with E-state index >= 15 is 0 Å². The lowest BCUT2D eigenvalue weighted by Crippen LogP contribution is -3.00. The fourth-order valence-corrected chi connectivity index (χ4v) is 2.25. The number of ether oxygens (including phenoxy) is 1. The van der Waals surface area contributed by atoms with Crippen molar-refractivity contribution in [1.82, 2.24) is 10.4 Å². The van der Waals surface area contributed by atoms with E-state index in [9.17, 15) is 4.79 Å². The van der Waals surface area contributed by atoms with Gasteiger partial charge in [-0.25, -0.2) is 10.4 Å². The standard InChI is InChI=1S/C17H22N4O2.2ClH/c1-11(2)8-15(18)17(22)21-19-10-13-5-4-12-9-14(23-3)6-7-16(12)20-13;;/h4-7,9-11,15H,8,18H2,1-3H3,(H,21,22);2*1H/t15-;;/m0../s1. The zero-order valence-electron chi connectivity index (χ0n) is 14.5. The molecule has 25 heavy (non-hydrogen) atoms. The largest absolute Gasteiger partial charge is 1.00 e. The molecule has 2 aromatic rings. The van der Waals surface area contributed by atoms with E-state index in [1.165, 1.54) is 6.21 Å². The van der Waals surface area contributed by atoms with E-state index < -0.39 is 0 Å². The second-order valence-electron chi connectivity index (χ2n) is 5.86. The Morgan fingerprint density at radius 2 is 2.08 bits per heavy atom. The summed E-state index contributed by atoms with van der Waals surface area (Å²) in [5, 5.41) is 4.95. The molecule has 0 aliphatic heterocycles. The van der Waals surface area contributed by atoms with Gasteiger partial charge in [0.2, 0.25) is 0 Å². The maximum absolute atomic E-state index is 11.8. The average molecular weight is 387 g/mol. The van der Waals surface area contributed by atoms with Crippen molar-refractivity contribution in [2.24, 2.45) is 11.0 Å². The van der Waals surface area contributed by atoms with Gasteiger partial charge in [-0.1, -0.05) is 19.9 Å². The molecule has 0 aliphatic carbocycles. The van der Waals surface area contributed by atoms with Crippen LogP contribution >= 0.6 is 12.4 Å². The molecule has 0 saturated heterocycles. The van der Waals surface area contributed by atoms with Crippen LogP contribution in [0.5, 0.6) is 5.75 Å². The predicted molar refractivity (Wildman–Crippen MR) is 97.4 cm³/mol. The fraction of sp³-hybridized carbons (Fsp3) is 0.353. The Kier molecular flexibility index (Phi) is 10.0. The van der Waals surface area contributed by atoms with Gasteiger partial charge in [-0.05, 0) is 30.2 Å². The summed E-state index contributed by atoms with van der Waals surface area (Å²) in [7, 11) is 1.63. The first-order chi connectivity index (χ1) is 11.0. The van der Waals surface area contributed by atoms with Crippen molar-refractivity contribution in [3.05, 3.63) is 36.0 Å². The number of halogens is 2. The summed E-state index contributed by atoms with van der Waals surface area (Å²) < 4.78 is 5.19. The van der Waals surface area contributed by atoms with E-state index in [1.807, 2.05) is 30.3 Å². The Bertz CT molecular complexity index is 723. The minimum absolute atomic E-state index is 0. The number of carbonyl (C=O) groups is 1. The molecule has 4 N–H and O–H groups in total. The SMILES string of the molecule is COc1ccc2nc(C=NNC(=O)[C@@H]([NH3+])CC(C)C)ccc2c1.Cl.[Cl-]. The Morgan fingerprint density at radius 3 is 2.72 bits per heavy atom. The Labute approximate surface area is 160 Å². The molecule has 0 aliphatic rings. The van der Waals surface area contributed by atoms with E-state index in [-0.39, 0.29) is 36.8 Å². The van der Waals surface area contributed by atoms with Crippen LogP contribution in [0, 0.1) is 5.92 Å². The van der Waals surface area contributed by atoms with E-state index in [0.29, 0.717) is 11.6 Å². The number of methoxy groups -OCH3 is 1. The van der Waals surface area contributed by atoms with Gasteiger partial charge in [-0.3, -0.25) is 4.79 Å². The topological polar surface area (TPSA) is 91.2 Å². The van der Waals surface area contributed by atoms with Crippen LogP contribution in [0.3, 0.4) is 0 Å². The lowest BCUT2D eigenvalue weighted by atomic mass is 10.0. The number of hydrogen-bond donors (Lipinski definition) is 2. The number of nitrogens with zero attached hydrogens (tertiary/aromatic N) is 2. The predicted octanol–water partition coefficient (Wildman–Crippen LogP) is -1.22. The zero-order chi connectivity index (χ0) is 16.8. The molecule has 0 bridgehead atoms. The summed E-state index contributed by atoms with van der Waals surface area (Å²) in [4.78, 5) is 16.3. The molecule has 0 spiro atoms. The summed E-state index contributed by atoms with van der Waals surface area (Å²) in [6.07, 6.45) is 2.26. The van der Waals surface area contributed by atoms with E-state index in [1.54, 1.807) is 7.11 Å². The van der Waals surface area contributed by atoms with Crippen molar-refractivity contribution in [3.8, 4) is 5.75 Å². The average Bonchev–Trinajstić information content (AvgIpc) is 2.53. The van der Waals surface area contributed by atoms with Crippen LogP contribution < -0.4 is 28.3 Å². The molecule has 2 rings (SSSR count). The number of pyridine rings is 1. The third-order valence-corrected chi connectivity index (χ3v) is 3.42. The number of aromatic nitrogens is 1. The number of rotatable bonds is 6. The van der Waals surface area contributed by atoms with Crippen molar-refractivity contribution in [2.75, 3.05) is 7.11 Å². The maximum atomic E-state index is 11.8. The molecular weight excluding hydrogens is 363 g/mol. The Hall–Kier alpha value is -1.89. The first kappa shape index (κ1) is 23.1. The second kappa shape index (κ2) is 10.9. The molecule has 1 aromatic heterocycles. The highest BCUT2D eigenvalue weighted by Crippen LogP contribution is 2.19. The van der Waals surface area contributed by atoms with Crippen LogP contribution in [-0.2, 0) is 4.79 Å². The highest BCUT2D eigenvalue weighted by Gasteiger charge is 2.17. The number of quaternary nitrogens is 1. The number of hydrogen-bond acceptors (Lipinski definition) is 4. The van der Waals surface area contributed by atoms with Crippen LogP contribution in [0.25, 0.3) is 10.9 Å². The quantitative estimate of drug-likeness (QED) is 0.481. The van der Waals surface area contributed by atoms with Gasteiger partial charge in [0.1, 0.15) is 5.75 Å². The molecule has 8 heteroatoms. The van der Waals surface area contributed by atoms with Gasteiger partial charge in [0, 0.05) is 11.8 Å². The molecule has 138 valence electrons.